The average Bonchev–Trinajstić information content (AvgIpc) is 2.46. The molecule has 0 spiro atoms. The Morgan fingerprint density at radius 3 is 2.75 bits per heavy atom. The fourth-order valence-corrected chi connectivity index (χ4v) is 5.07. The Bertz CT molecular complexity index is 480. The minimum absolute atomic E-state index is 0.0567. The first-order chi connectivity index (χ1) is 9.61. The number of hydrogen-bond acceptors (Lipinski definition) is 3. The van der Waals surface area contributed by atoms with Crippen LogP contribution >= 0.6 is 35.1 Å². The lowest BCUT2D eigenvalue weighted by molar-refractivity contribution is -0.116. The summed E-state index contributed by atoms with van der Waals surface area (Å²) in [5.74, 6) is 1.78. The summed E-state index contributed by atoms with van der Waals surface area (Å²) >= 11 is 9.47. The molecule has 0 bridgehead atoms. The number of amides is 1. The molecule has 1 saturated heterocycles. The van der Waals surface area contributed by atoms with E-state index < -0.39 is 0 Å². The molecule has 110 valence electrons. The molecule has 2 rings (SSSR count). The van der Waals surface area contributed by atoms with E-state index in [1.807, 2.05) is 30.4 Å². The van der Waals surface area contributed by atoms with Crippen molar-refractivity contribution in [2.45, 2.75) is 17.9 Å². The van der Waals surface area contributed by atoms with E-state index in [9.17, 15) is 9.18 Å². The molecule has 0 aromatic heterocycles. The molecular weight excluding hydrogens is 317 g/mol. The predicted octanol–water partition coefficient (Wildman–Crippen LogP) is 3.90. The second kappa shape index (κ2) is 7.57. The maximum atomic E-state index is 13.2. The summed E-state index contributed by atoms with van der Waals surface area (Å²) in [4.78, 5) is 13.8. The molecule has 0 radical (unpaired) electrons. The van der Waals surface area contributed by atoms with Crippen molar-refractivity contribution in [3.05, 3.63) is 29.6 Å². The van der Waals surface area contributed by atoms with Crippen LogP contribution in [-0.4, -0.2) is 34.4 Å². The van der Waals surface area contributed by atoms with Crippen LogP contribution in [-0.2, 0) is 4.79 Å². The fourth-order valence-electron chi connectivity index (χ4n) is 2.12. The van der Waals surface area contributed by atoms with Gasteiger partial charge in [-0.1, -0.05) is 0 Å². The third kappa shape index (κ3) is 4.06. The molecule has 0 unspecified atom stereocenters. The van der Waals surface area contributed by atoms with Gasteiger partial charge in [-0.25, -0.2) is 4.39 Å². The third-order valence-electron chi connectivity index (χ3n) is 3.09. The first-order valence-electron chi connectivity index (χ1n) is 6.47. The van der Waals surface area contributed by atoms with Crippen molar-refractivity contribution < 1.29 is 9.18 Å². The monoisotopic (exact) mass is 333 g/mol. The lowest BCUT2D eigenvalue weighted by atomic mass is 10.1. The van der Waals surface area contributed by atoms with E-state index in [-0.39, 0.29) is 17.6 Å². The topological polar surface area (TPSA) is 20.3 Å². The lowest BCUT2D eigenvalue weighted by Crippen LogP contribution is -2.37. The molecular formula is C14H17ClFNOS2. The van der Waals surface area contributed by atoms with Gasteiger partial charge in [-0.2, -0.15) is 0 Å². The first kappa shape index (κ1) is 16.0. The highest BCUT2D eigenvalue weighted by Crippen LogP contribution is 2.33. The zero-order chi connectivity index (χ0) is 14.5. The molecule has 1 fully saturated rings. The van der Waals surface area contributed by atoms with Gasteiger partial charge in [-0.15, -0.1) is 35.1 Å². The van der Waals surface area contributed by atoms with Crippen LogP contribution in [0.4, 0.5) is 10.1 Å². The van der Waals surface area contributed by atoms with Gasteiger partial charge in [0.05, 0.1) is 4.58 Å². The van der Waals surface area contributed by atoms with Crippen LogP contribution in [0.3, 0.4) is 0 Å². The van der Waals surface area contributed by atoms with Gasteiger partial charge in [0.1, 0.15) is 11.7 Å². The molecule has 0 saturated carbocycles. The molecule has 1 aromatic carbocycles. The molecule has 20 heavy (non-hydrogen) atoms. The molecule has 1 heterocycles. The SMILES string of the molecule is Cc1cc(F)ccc1N(CC1SCCCS1)C(=O)CCl. The minimum Gasteiger partial charge on any atom is -0.309 e. The maximum absolute atomic E-state index is 13.2. The summed E-state index contributed by atoms with van der Waals surface area (Å²) in [5.41, 5.74) is 1.51. The number of thioether (sulfide) groups is 2. The molecule has 1 aliphatic heterocycles. The van der Waals surface area contributed by atoms with Gasteiger partial charge in [0.15, 0.2) is 0 Å². The van der Waals surface area contributed by atoms with E-state index in [0.717, 1.165) is 22.8 Å². The van der Waals surface area contributed by atoms with E-state index in [1.165, 1.54) is 18.6 Å². The number of rotatable bonds is 4. The molecule has 1 aliphatic rings. The lowest BCUT2D eigenvalue weighted by Gasteiger charge is -2.29. The molecule has 1 aromatic rings. The van der Waals surface area contributed by atoms with E-state index >= 15 is 0 Å². The van der Waals surface area contributed by atoms with Gasteiger partial charge in [0, 0.05) is 12.2 Å². The Kier molecular flexibility index (Phi) is 6.05. The van der Waals surface area contributed by atoms with Crippen LogP contribution in [0.1, 0.15) is 12.0 Å². The van der Waals surface area contributed by atoms with Gasteiger partial charge in [0.2, 0.25) is 5.91 Å². The Labute approximate surface area is 132 Å². The zero-order valence-corrected chi connectivity index (χ0v) is 13.7. The Balaban J connectivity index is 2.20. The molecule has 2 nitrogen and oxygen atoms in total. The van der Waals surface area contributed by atoms with E-state index in [1.54, 1.807) is 11.0 Å². The van der Waals surface area contributed by atoms with Crippen LogP contribution in [0.15, 0.2) is 18.2 Å². The molecule has 0 aliphatic carbocycles. The quantitative estimate of drug-likeness (QED) is 0.779. The number of carbonyl (C=O) groups is 1. The van der Waals surface area contributed by atoms with Crippen molar-refractivity contribution in [2.75, 3.05) is 28.8 Å². The fraction of sp³-hybridized carbons (Fsp3) is 0.500. The van der Waals surface area contributed by atoms with Gasteiger partial charge in [-0.3, -0.25) is 4.79 Å². The van der Waals surface area contributed by atoms with Crippen molar-refractivity contribution in [2.24, 2.45) is 0 Å². The van der Waals surface area contributed by atoms with Crippen molar-refractivity contribution >= 4 is 46.7 Å². The van der Waals surface area contributed by atoms with Crippen LogP contribution < -0.4 is 4.90 Å². The number of aryl methyl sites for hydroxylation is 1. The van der Waals surface area contributed by atoms with Crippen LogP contribution in [0.25, 0.3) is 0 Å². The number of benzene rings is 1. The number of anilines is 1. The highest BCUT2D eigenvalue weighted by molar-refractivity contribution is 8.17. The predicted molar refractivity (Wildman–Crippen MR) is 87.5 cm³/mol. The second-order valence-electron chi connectivity index (χ2n) is 4.59. The molecule has 0 atom stereocenters. The highest BCUT2D eigenvalue weighted by Gasteiger charge is 2.23. The van der Waals surface area contributed by atoms with Gasteiger partial charge < -0.3 is 4.90 Å². The second-order valence-corrected chi connectivity index (χ2v) is 7.78. The molecule has 1 amide bonds. The van der Waals surface area contributed by atoms with Crippen molar-refractivity contribution in [1.82, 2.24) is 0 Å². The van der Waals surface area contributed by atoms with E-state index in [0.29, 0.717) is 11.1 Å². The van der Waals surface area contributed by atoms with Gasteiger partial charge in [0.25, 0.3) is 0 Å². The summed E-state index contributed by atoms with van der Waals surface area (Å²) in [6.07, 6.45) is 1.21. The molecule has 6 heteroatoms. The Hall–Kier alpha value is -0.390. The smallest absolute Gasteiger partial charge is 0.241 e. The number of halogens is 2. The number of hydrogen-bond donors (Lipinski definition) is 0. The number of nitrogens with zero attached hydrogens (tertiary/aromatic N) is 1. The van der Waals surface area contributed by atoms with E-state index in [4.69, 9.17) is 11.6 Å². The minimum atomic E-state index is -0.286. The summed E-state index contributed by atoms with van der Waals surface area (Å²) in [7, 11) is 0. The van der Waals surface area contributed by atoms with Gasteiger partial charge in [-0.05, 0) is 48.6 Å². The van der Waals surface area contributed by atoms with Crippen LogP contribution in [0, 0.1) is 12.7 Å². The first-order valence-corrected chi connectivity index (χ1v) is 9.10. The Morgan fingerprint density at radius 1 is 1.45 bits per heavy atom. The third-order valence-corrected chi connectivity index (χ3v) is 6.23. The van der Waals surface area contributed by atoms with Crippen LogP contribution in [0.5, 0.6) is 0 Å². The van der Waals surface area contributed by atoms with Crippen molar-refractivity contribution in [1.29, 1.82) is 0 Å². The van der Waals surface area contributed by atoms with Gasteiger partial charge >= 0.3 is 0 Å². The highest BCUT2D eigenvalue weighted by atomic mass is 35.5. The Morgan fingerprint density at radius 2 is 2.15 bits per heavy atom. The summed E-state index contributed by atoms with van der Waals surface area (Å²) < 4.78 is 13.6. The normalized spacial score (nSPS) is 16.1. The van der Waals surface area contributed by atoms with E-state index in [2.05, 4.69) is 0 Å². The standard InChI is InChI=1S/C14H17ClFNOS2/c1-10-7-11(16)3-4-12(10)17(13(18)8-15)9-14-19-5-2-6-20-14/h3-4,7,14H,2,5-6,8-9H2,1H3. The average molecular weight is 334 g/mol. The van der Waals surface area contributed by atoms with Crippen molar-refractivity contribution in [3.63, 3.8) is 0 Å². The number of carbonyl (C=O) groups excluding carboxylic acids is 1. The van der Waals surface area contributed by atoms with Crippen LogP contribution in [0.2, 0.25) is 0 Å². The summed E-state index contributed by atoms with van der Waals surface area (Å²) in [6, 6.07) is 4.50. The van der Waals surface area contributed by atoms with Crippen molar-refractivity contribution in [3.8, 4) is 0 Å². The number of alkyl halides is 1. The largest absolute Gasteiger partial charge is 0.309 e. The maximum Gasteiger partial charge on any atom is 0.241 e. The zero-order valence-electron chi connectivity index (χ0n) is 11.3. The summed E-state index contributed by atoms with van der Waals surface area (Å²) in [6.45, 7) is 2.43. The summed E-state index contributed by atoms with van der Waals surface area (Å²) in [5, 5.41) is 0. The molecule has 0 N–H and O–H groups in total.